The van der Waals surface area contributed by atoms with Crippen LogP contribution in [0, 0.1) is 18.4 Å². The molecule has 0 rings (SSSR count). The summed E-state index contributed by atoms with van der Waals surface area (Å²) in [7, 11) is 0. The Morgan fingerprint density at radius 1 is 1.19 bits per heavy atom. The molecule has 0 saturated carbocycles. The highest BCUT2D eigenvalue weighted by Crippen LogP contribution is 2.15. The lowest BCUT2D eigenvalue weighted by atomic mass is 9.97. The Labute approximate surface area is 102 Å². The number of hydrogen-bond acceptors (Lipinski definition) is 0. The largest absolute Gasteiger partial charge is 0.0840 e. The highest BCUT2D eigenvalue weighted by Gasteiger charge is 2.00. The van der Waals surface area contributed by atoms with Gasteiger partial charge < -0.3 is 0 Å². The van der Waals surface area contributed by atoms with Gasteiger partial charge in [-0.1, -0.05) is 76.5 Å². The van der Waals surface area contributed by atoms with E-state index in [-0.39, 0.29) is 0 Å². The van der Waals surface area contributed by atoms with E-state index in [1.807, 2.05) is 6.08 Å². The van der Waals surface area contributed by atoms with Crippen LogP contribution in [0.3, 0.4) is 0 Å². The van der Waals surface area contributed by atoms with Crippen molar-refractivity contribution in [3.63, 3.8) is 0 Å². The molecule has 0 aliphatic heterocycles. The molecule has 0 bridgehead atoms. The molecule has 0 heterocycles. The summed E-state index contributed by atoms with van der Waals surface area (Å²) in [4.78, 5) is 0. The van der Waals surface area contributed by atoms with Crippen molar-refractivity contribution in [2.75, 3.05) is 0 Å². The third kappa shape index (κ3) is 9.76. The molecule has 0 spiro atoms. The van der Waals surface area contributed by atoms with E-state index in [2.05, 4.69) is 39.8 Å². The molecule has 0 aliphatic rings. The second kappa shape index (κ2) is 9.45. The van der Waals surface area contributed by atoms with Gasteiger partial charge in [-0.15, -0.1) is 0 Å². The maximum atomic E-state index is 5.32. The Morgan fingerprint density at radius 3 is 2.44 bits per heavy atom. The van der Waals surface area contributed by atoms with E-state index in [9.17, 15) is 0 Å². The van der Waals surface area contributed by atoms with E-state index in [4.69, 9.17) is 6.58 Å². The van der Waals surface area contributed by atoms with E-state index < -0.39 is 0 Å². The van der Waals surface area contributed by atoms with Crippen LogP contribution in [0.15, 0.2) is 29.9 Å². The molecule has 0 aliphatic carbocycles. The summed E-state index contributed by atoms with van der Waals surface area (Å²) in [5, 5.41) is 0. The van der Waals surface area contributed by atoms with Crippen LogP contribution in [-0.2, 0) is 0 Å². The van der Waals surface area contributed by atoms with Gasteiger partial charge in [0.15, 0.2) is 0 Å². The van der Waals surface area contributed by atoms with Crippen molar-refractivity contribution in [3.05, 3.63) is 36.5 Å². The molecular weight excluding hydrogens is 192 g/mol. The van der Waals surface area contributed by atoms with Crippen LogP contribution in [0.25, 0.3) is 0 Å². The van der Waals surface area contributed by atoms with E-state index in [1.54, 1.807) is 6.08 Å². The van der Waals surface area contributed by atoms with Crippen molar-refractivity contribution < 1.29 is 0 Å². The summed E-state index contributed by atoms with van der Waals surface area (Å²) in [5.41, 5.74) is 1.22. The second-order valence-electron chi connectivity index (χ2n) is 5.17. The molecule has 1 radical (unpaired) electrons. The first kappa shape index (κ1) is 15.2. The van der Waals surface area contributed by atoms with E-state index in [0.717, 1.165) is 11.8 Å². The Hall–Kier alpha value is -0.780. The van der Waals surface area contributed by atoms with Crippen molar-refractivity contribution in [1.29, 1.82) is 0 Å². The highest BCUT2D eigenvalue weighted by molar-refractivity contribution is 5.19. The van der Waals surface area contributed by atoms with E-state index in [1.165, 1.54) is 31.3 Å². The molecule has 0 saturated heterocycles. The van der Waals surface area contributed by atoms with Gasteiger partial charge in [-0.25, -0.2) is 0 Å². The maximum Gasteiger partial charge on any atom is -0.0322 e. The zero-order chi connectivity index (χ0) is 12.4. The van der Waals surface area contributed by atoms with E-state index >= 15 is 0 Å². The minimum absolute atomic E-state index is 0.796. The molecule has 0 aromatic rings. The monoisotopic (exact) mass is 219 g/mol. The average molecular weight is 219 g/mol. The zero-order valence-corrected chi connectivity index (χ0v) is 11.4. The van der Waals surface area contributed by atoms with Crippen LogP contribution >= 0.6 is 0 Å². The molecule has 91 valence electrons. The van der Waals surface area contributed by atoms with Crippen LogP contribution in [0.1, 0.15) is 53.4 Å². The van der Waals surface area contributed by atoms with Crippen molar-refractivity contribution >= 4 is 0 Å². The first-order valence-electron chi connectivity index (χ1n) is 6.44. The van der Waals surface area contributed by atoms with Gasteiger partial charge in [-0.05, 0) is 25.2 Å². The van der Waals surface area contributed by atoms with Crippen LogP contribution in [0.4, 0.5) is 0 Å². The molecule has 1 atom stereocenters. The maximum absolute atomic E-state index is 5.32. The predicted octanol–water partition coefficient (Wildman–Crippen LogP) is 5.33. The first-order valence-corrected chi connectivity index (χ1v) is 6.44. The van der Waals surface area contributed by atoms with Gasteiger partial charge in [-0.3, -0.25) is 0 Å². The molecule has 0 fully saturated rings. The lowest BCUT2D eigenvalue weighted by Gasteiger charge is -2.09. The molecule has 0 aromatic heterocycles. The van der Waals surface area contributed by atoms with Crippen LogP contribution in [0.5, 0.6) is 0 Å². The fourth-order valence-corrected chi connectivity index (χ4v) is 1.69. The smallest absolute Gasteiger partial charge is 0.0322 e. The van der Waals surface area contributed by atoms with Gasteiger partial charge in [0.2, 0.25) is 0 Å². The molecule has 0 heteroatoms. The lowest BCUT2D eigenvalue weighted by Crippen LogP contribution is -1.95. The van der Waals surface area contributed by atoms with Crippen molar-refractivity contribution in [2.45, 2.75) is 53.4 Å². The number of hydrogen-bond donors (Lipinski definition) is 0. The Bertz CT molecular complexity index is 230. The van der Waals surface area contributed by atoms with Gasteiger partial charge in [-0.2, -0.15) is 0 Å². The van der Waals surface area contributed by atoms with Crippen molar-refractivity contribution in [2.24, 2.45) is 11.8 Å². The van der Waals surface area contributed by atoms with Crippen LogP contribution in [0.2, 0.25) is 0 Å². The average Bonchev–Trinajstić information content (AvgIpc) is 2.17. The molecule has 0 aromatic carbocycles. The fraction of sp³-hybridized carbons (Fsp3) is 0.625. The summed E-state index contributed by atoms with van der Waals surface area (Å²) in [6.45, 7) is 14.3. The number of allylic oxidation sites excluding steroid dienone is 5. The Morgan fingerprint density at radius 2 is 1.88 bits per heavy atom. The van der Waals surface area contributed by atoms with Crippen LogP contribution in [-0.4, -0.2) is 0 Å². The zero-order valence-electron chi connectivity index (χ0n) is 11.4. The van der Waals surface area contributed by atoms with Gasteiger partial charge in [0.1, 0.15) is 0 Å². The van der Waals surface area contributed by atoms with Crippen LogP contribution < -0.4 is 0 Å². The van der Waals surface area contributed by atoms with Gasteiger partial charge in [0.25, 0.3) is 0 Å². The normalized spacial score (nSPS) is 14.7. The Balaban J connectivity index is 3.68. The molecular formula is C16H27. The molecule has 1 unspecified atom stereocenters. The van der Waals surface area contributed by atoms with E-state index in [0.29, 0.717) is 0 Å². The number of rotatable bonds is 8. The Kier molecular flexibility index (Phi) is 8.99. The van der Waals surface area contributed by atoms with Crippen molar-refractivity contribution in [1.82, 2.24) is 0 Å². The molecule has 16 heavy (non-hydrogen) atoms. The summed E-state index contributed by atoms with van der Waals surface area (Å²) in [6, 6.07) is 0. The SMILES string of the molecule is [CH]=C/C=C(C)/C=C/CC(C)CCCC(C)C. The van der Waals surface area contributed by atoms with Crippen molar-refractivity contribution in [3.8, 4) is 0 Å². The van der Waals surface area contributed by atoms with Gasteiger partial charge in [0.05, 0.1) is 0 Å². The molecule has 0 nitrogen and oxygen atoms in total. The van der Waals surface area contributed by atoms with Gasteiger partial charge in [0, 0.05) is 0 Å². The summed E-state index contributed by atoms with van der Waals surface area (Å²) in [5.74, 6) is 1.64. The third-order valence-corrected chi connectivity index (χ3v) is 2.76. The predicted molar refractivity (Wildman–Crippen MR) is 74.2 cm³/mol. The summed E-state index contributed by atoms with van der Waals surface area (Å²) >= 11 is 0. The minimum atomic E-state index is 0.796. The molecule has 0 N–H and O–H groups in total. The third-order valence-electron chi connectivity index (χ3n) is 2.76. The fourth-order valence-electron chi connectivity index (χ4n) is 1.69. The topological polar surface area (TPSA) is 0 Å². The quantitative estimate of drug-likeness (QED) is 0.484. The summed E-state index contributed by atoms with van der Waals surface area (Å²) in [6.07, 6.45) is 13.2. The van der Waals surface area contributed by atoms with Gasteiger partial charge >= 0.3 is 0 Å². The highest BCUT2D eigenvalue weighted by atomic mass is 14.1. The first-order chi connectivity index (χ1) is 7.56. The minimum Gasteiger partial charge on any atom is -0.0840 e. The standard InChI is InChI=1S/C16H27/c1-6-9-15(4)12-8-13-16(5)11-7-10-14(2)3/h1,6,8-9,12,14,16H,7,10-11,13H2,2-5H3/b6-1?,12-8+,15-9+. The second-order valence-corrected chi connectivity index (χ2v) is 5.17. The lowest BCUT2D eigenvalue weighted by molar-refractivity contribution is 0.461. The summed E-state index contributed by atoms with van der Waals surface area (Å²) < 4.78 is 0. The molecule has 0 amide bonds.